The number of ether oxygens (including phenoxy) is 1. The zero-order valence-electron chi connectivity index (χ0n) is 22.1. The number of nitro benzene ring substituents is 1. The van der Waals surface area contributed by atoms with Gasteiger partial charge in [-0.15, -0.1) is 10.2 Å². The summed E-state index contributed by atoms with van der Waals surface area (Å²) >= 11 is 8.47. The summed E-state index contributed by atoms with van der Waals surface area (Å²) in [4.78, 5) is 39.3. The number of aliphatic hydroxyl groups is 1. The van der Waals surface area contributed by atoms with Gasteiger partial charge in [0.2, 0.25) is 10.9 Å². The SMILES string of the molecule is COc1cccc2cc(C(=O)C3=C(O)C(=O)N(c4nnc(SCc5ccc(Cl)cc5)s4)C3c3ccc([N+](=O)[O-])cc3)oc12. The number of benzene rings is 3. The van der Waals surface area contributed by atoms with Gasteiger partial charge >= 0.3 is 0 Å². The van der Waals surface area contributed by atoms with Gasteiger partial charge in [0.05, 0.1) is 23.6 Å². The number of hydrogen-bond donors (Lipinski definition) is 1. The van der Waals surface area contributed by atoms with Crippen LogP contribution in [0.15, 0.2) is 92.9 Å². The van der Waals surface area contributed by atoms with Crippen molar-refractivity contribution >= 4 is 68.2 Å². The molecule has 0 fully saturated rings. The lowest BCUT2D eigenvalue weighted by molar-refractivity contribution is -0.384. The third kappa shape index (κ3) is 5.33. The van der Waals surface area contributed by atoms with Crippen LogP contribution in [0.1, 0.15) is 27.7 Å². The Morgan fingerprint density at radius 2 is 1.91 bits per heavy atom. The molecule has 3 aromatic carbocycles. The minimum absolute atomic E-state index is 0.126. The van der Waals surface area contributed by atoms with Crippen LogP contribution in [-0.4, -0.2) is 39.0 Å². The molecule has 216 valence electrons. The van der Waals surface area contributed by atoms with E-state index < -0.39 is 28.4 Å². The van der Waals surface area contributed by atoms with Crippen molar-refractivity contribution in [3.05, 3.63) is 116 Å². The number of aliphatic hydroxyl groups excluding tert-OH is 1. The van der Waals surface area contributed by atoms with Crippen LogP contribution in [0.3, 0.4) is 0 Å². The average molecular weight is 635 g/mol. The predicted molar refractivity (Wildman–Crippen MR) is 161 cm³/mol. The highest BCUT2D eigenvalue weighted by Gasteiger charge is 2.47. The summed E-state index contributed by atoms with van der Waals surface area (Å²) < 4.78 is 11.7. The van der Waals surface area contributed by atoms with E-state index in [-0.39, 0.29) is 22.2 Å². The maximum Gasteiger partial charge on any atom is 0.296 e. The standard InChI is InChI=1S/C29H19ClN4O7S2/c1-40-20-4-2-3-17-13-21(41-26(17)20)24(35)22-23(16-7-11-19(12-8-16)34(38)39)33(27(37)25(22)36)28-31-32-29(43-28)42-14-15-5-9-18(30)10-6-15/h2-13,23,36H,14H2,1H3. The molecule has 0 radical (unpaired) electrons. The van der Waals surface area contributed by atoms with Crippen molar-refractivity contribution in [3.63, 3.8) is 0 Å². The van der Waals surface area contributed by atoms with Crippen LogP contribution >= 0.6 is 34.7 Å². The number of anilines is 1. The molecule has 1 atom stereocenters. The number of nitro groups is 1. The summed E-state index contributed by atoms with van der Waals surface area (Å²) in [6.07, 6.45) is 0. The number of halogens is 1. The van der Waals surface area contributed by atoms with E-state index in [9.17, 15) is 24.8 Å². The third-order valence-electron chi connectivity index (χ3n) is 6.70. The number of methoxy groups -OCH3 is 1. The molecule has 0 saturated heterocycles. The molecule has 0 aliphatic carbocycles. The van der Waals surface area contributed by atoms with Crippen LogP contribution in [0.25, 0.3) is 11.0 Å². The number of para-hydroxylation sites is 1. The van der Waals surface area contributed by atoms with Crippen molar-refractivity contribution < 1.29 is 28.8 Å². The molecule has 1 aliphatic heterocycles. The largest absolute Gasteiger partial charge is 0.503 e. The number of thioether (sulfide) groups is 1. The van der Waals surface area contributed by atoms with Gasteiger partial charge in [-0.05, 0) is 47.5 Å². The fourth-order valence-electron chi connectivity index (χ4n) is 4.65. The van der Waals surface area contributed by atoms with Crippen molar-refractivity contribution in [2.24, 2.45) is 0 Å². The number of aromatic nitrogens is 2. The molecule has 14 heteroatoms. The molecule has 0 saturated carbocycles. The highest BCUT2D eigenvalue weighted by molar-refractivity contribution is 8.00. The molecule has 2 aromatic heterocycles. The van der Waals surface area contributed by atoms with Gasteiger partial charge in [-0.25, -0.2) is 0 Å². The van der Waals surface area contributed by atoms with E-state index >= 15 is 0 Å². The molecule has 1 unspecified atom stereocenters. The maximum absolute atomic E-state index is 13.9. The van der Waals surface area contributed by atoms with E-state index in [0.717, 1.165) is 21.8 Å². The first-order valence-electron chi connectivity index (χ1n) is 12.6. The molecular formula is C29H19ClN4O7S2. The van der Waals surface area contributed by atoms with Gasteiger partial charge in [0, 0.05) is 28.3 Å². The molecule has 6 rings (SSSR count). The number of hydrogen-bond acceptors (Lipinski definition) is 11. The second-order valence-electron chi connectivity index (χ2n) is 9.27. The van der Waals surface area contributed by atoms with E-state index in [0.29, 0.717) is 37.4 Å². The van der Waals surface area contributed by atoms with Gasteiger partial charge in [0.15, 0.2) is 27.2 Å². The van der Waals surface area contributed by atoms with Gasteiger partial charge in [0.25, 0.3) is 11.6 Å². The Hall–Kier alpha value is -4.72. The molecule has 5 aromatic rings. The Labute approximate surface area is 256 Å². The molecule has 3 heterocycles. The molecule has 0 bridgehead atoms. The number of non-ortho nitro benzene ring substituents is 1. The summed E-state index contributed by atoms with van der Waals surface area (Å²) in [5.74, 6) is -1.55. The average Bonchev–Trinajstić information content (AvgIpc) is 3.73. The molecule has 11 nitrogen and oxygen atoms in total. The molecular weight excluding hydrogens is 616 g/mol. The zero-order chi connectivity index (χ0) is 30.2. The van der Waals surface area contributed by atoms with E-state index in [4.69, 9.17) is 20.8 Å². The first-order valence-corrected chi connectivity index (χ1v) is 14.8. The number of amides is 1. The Bertz CT molecular complexity index is 1920. The van der Waals surface area contributed by atoms with Crippen molar-refractivity contribution in [1.82, 2.24) is 10.2 Å². The maximum atomic E-state index is 13.9. The number of carbonyl (C=O) groups is 2. The quantitative estimate of drug-likeness (QED) is 0.0594. The lowest BCUT2D eigenvalue weighted by Gasteiger charge is -2.23. The van der Waals surface area contributed by atoms with Gasteiger partial charge in [-0.1, -0.05) is 59.0 Å². The summed E-state index contributed by atoms with van der Waals surface area (Å²) in [7, 11) is 1.47. The van der Waals surface area contributed by atoms with Crippen LogP contribution in [-0.2, 0) is 10.5 Å². The Morgan fingerprint density at radius 3 is 2.60 bits per heavy atom. The van der Waals surface area contributed by atoms with Crippen molar-refractivity contribution in [2.75, 3.05) is 12.0 Å². The minimum atomic E-state index is -1.17. The highest BCUT2D eigenvalue weighted by atomic mass is 35.5. The van der Waals surface area contributed by atoms with E-state index in [1.807, 2.05) is 12.1 Å². The summed E-state index contributed by atoms with van der Waals surface area (Å²) in [6, 6.07) is 18.2. The Morgan fingerprint density at radius 1 is 1.16 bits per heavy atom. The van der Waals surface area contributed by atoms with E-state index in [2.05, 4.69) is 10.2 Å². The number of rotatable bonds is 9. The molecule has 1 aliphatic rings. The Kier molecular flexibility index (Phi) is 7.61. The van der Waals surface area contributed by atoms with Crippen LogP contribution in [0, 0.1) is 10.1 Å². The monoisotopic (exact) mass is 634 g/mol. The fourth-order valence-corrected chi connectivity index (χ4v) is 6.60. The highest BCUT2D eigenvalue weighted by Crippen LogP contribution is 2.44. The first-order chi connectivity index (χ1) is 20.7. The number of fused-ring (bicyclic) bond motifs is 1. The predicted octanol–water partition coefficient (Wildman–Crippen LogP) is 6.93. The second-order valence-corrected chi connectivity index (χ2v) is 11.9. The first kappa shape index (κ1) is 28.4. The summed E-state index contributed by atoms with van der Waals surface area (Å²) in [5, 5.41) is 32.1. The number of furan rings is 1. The number of Topliss-reactive ketones (excluding diaryl/α,β-unsaturated/α-hetero) is 1. The second kappa shape index (κ2) is 11.5. The van der Waals surface area contributed by atoms with Crippen LogP contribution < -0.4 is 9.64 Å². The van der Waals surface area contributed by atoms with Gasteiger partial charge < -0.3 is 14.3 Å². The Balaban J connectivity index is 1.38. The summed E-state index contributed by atoms with van der Waals surface area (Å²) in [5.41, 5.74) is 1.23. The summed E-state index contributed by atoms with van der Waals surface area (Å²) in [6.45, 7) is 0. The van der Waals surface area contributed by atoms with Gasteiger partial charge in [-0.3, -0.25) is 24.6 Å². The topological polar surface area (TPSA) is 149 Å². The molecule has 0 spiro atoms. The van der Waals surface area contributed by atoms with Crippen molar-refractivity contribution in [3.8, 4) is 5.75 Å². The number of carbonyl (C=O) groups excluding carboxylic acids is 2. The zero-order valence-corrected chi connectivity index (χ0v) is 24.5. The van der Waals surface area contributed by atoms with E-state index in [1.165, 1.54) is 49.2 Å². The van der Waals surface area contributed by atoms with Crippen LogP contribution in [0.5, 0.6) is 5.75 Å². The normalized spacial score (nSPS) is 15.0. The van der Waals surface area contributed by atoms with Gasteiger partial charge in [-0.2, -0.15) is 0 Å². The lowest BCUT2D eigenvalue weighted by atomic mass is 9.95. The number of ketones is 1. The third-order valence-corrected chi connectivity index (χ3v) is 9.08. The molecule has 1 amide bonds. The molecule has 1 N–H and O–H groups in total. The van der Waals surface area contributed by atoms with Gasteiger partial charge in [0.1, 0.15) is 0 Å². The van der Waals surface area contributed by atoms with E-state index in [1.54, 1.807) is 30.3 Å². The number of nitrogens with zero attached hydrogens (tertiary/aromatic N) is 4. The van der Waals surface area contributed by atoms with Crippen molar-refractivity contribution in [1.29, 1.82) is 0 Å². The fraction of sp³-hybridized carbons (Fsp3) is 0.103. The van der Waals surface area contributed by atoms with Crippen LogP contribution in [0.4, 0.5) is 10.8 Å². The molecule has 43 heavy (non-hydrogen) atoms. The lowest BCUT2D eigenvalue weighted by Crippen LogP contribution is -2.31. The minimum Gasteiger partial charge on any atom is -0.503 e. The smallest absolute Gasteiger partial charge is 0.296 e. The van der Waals surface area contributed by atoms with Crippen molar-refractivity contribution in [2.45, 2.75) is 16.1 Å². The van der Waals surface area contributed by atoms with Crippen LogP contribution in [0.2, 0.25) is 5.02 Å².